The molecule has 0 saturated carbocycles. The summed E-state index contributed by atoms with van der Waals surface area (Å²) in [4.78, 5) is 24.3. The van der Waals surface area contributed by atoms with Crippen LogP contribution in [0.15, 0.2) is 42.5 Å². The Balaban J connectivity index is 3.31. The second-order valence-corrected chi connectivity index (χ2v) is 4.82. The first-order chi connectivity index (χ1) is 11.3. The van der Waals surface area contributed by atoms with E-state index >= 15 is 0 Å². The zero-order chi connectivity index (χ0) is 18.2. The fourth-order valence-electron chi connectivity index (χ4n) is 2.16. The van der Waals surface area contributed by atoms with E-state index in [-0.39, 0.29) is 19.3 Å². The molecular formula is C17H19F3O4. The van der Waals surface area contributed by atoms with Crippen molar-refractivity contribution in [1.82, 2.24) is 0 Å². The number of hydrogen-bond donors (Lipinski definition) is 0. The minimum absolute atomic E-state index is 0.000761. The van der Waals surface area contributed by atoms with Crippen molar-refractivity contribution in [3.8, 4) is 0 Å². The molecule has 0 aliphatic carbocycles. The summed E-state index contributed by atoms with van der Waals surface area (Å²) in [6.45, 7) is 3.09. The van der Waals surface area contributed by atoms with E-state index in [0.717, 1.165) is 6.08 Å². The zero-order valence-electron chi connectivity index (χ0n) is 13.4. The Hall–Kier alpha value is -2.31. The lowest BCUT2D eigenvalue weighted by molar-refractivity contribution is -0.162. The monoisotopic (exact) mass is 344 g/mol. The maximum Gasteiger partial charge on any atom is 0.409 e. The van der Waals surface area contributed by atoms with E-state index in [1.807, 2.05) is 0 Å². The molecule has 0 aromatic heterocycles. The van der Waals surface area contributed by atoms with Crippen molar-refractivity contribution in [2.75, 3.05) is 13.2 Å². The predicted octanol–water partition coefficient (Wildman–Crippen LogP) is 3.63. The number of ether oxygens (including phenoxy) is 2. The second-order valence-electron chi connectivity index (χ2n) is 4.82. The van der Waals surface area contributed by atoms with Gasteiger partial charge in [0.05, 0.1) is 13.2 Å². The fraction of sp³-hybridized carbons (Fsp3) is 0.412. The molecule has 0 heterocycles. The summed E-state index contributed by atoms with van der Waals surface area (Å²) in [5.41, 5.74) is 0.379. The number of rotatable bonds is 7. The quantitative estimate of drug-likeness (QED) is 0.431. The van der Waals surface area contributed by atoms with Crippen LogP contribution in [0, 0.1) is 5.92 Å². The third-order valence-corrected chi connectivity index (χ3v) is 3.12. The van der Waals surface area contributed by atoms with Crippen molar-refractivity contribution >= 4 is 11.9 Å². The first kappa shape index (κ1) is 19.7. The smallest absolute Gasteiger partial charge is 0.409 e. The van der Waals surface area contributed by atoms with Gasteiger partial charge in [0.1, 0.15) is 0 Å². The van der Waals surface area contributed by atoms with Gasteiger partial charge in [-0.25, -0.2) is 0 Å². The molecule has 0 saturated heterocycles. The highest BCUT2D eigenvalue weighted by atomic mass is 19.4. The molecule has 0 aliphatic rings. The molecule has 0 fully saturated rings. The summed E-state index contributed by atoms with van der Waals surface area (Å²) >= 11 is 0. The molecule has 1 aromatic carbocycles. The summed E-state index contributed by atoms with van der Waals surface area (Å²) in [6.07, 6.45) is -3.77. The first-order valence-corrected chi connectivity index (χ1v) is 7.44. The molecule has 0 aliphatic heterocycles. The van der Waals surface area contributed by atoms with Gasteiger partial charge in [-0.1, -0.05) is 36.4 Å². The Kier molecular flexibility index (Phi) is 7.48. The van der Waals surface area contributed by atoms with Gasteiger partial charge in [0.25, 0.3) is 0 Å². The van der Waals surface area contributed by atoms with Crippen LogP contribution in [-0.4, -0.2) is 31.3 Å². The third-order valence-electron chi connectivity index (χ3n) is 3.12. The number of allylic oxidation sites excluding steroid dienone is 2. The average molecular weight is 344 g/mol. The van der Waals surface area contributed by atoms with Crippen LogP contribution in [0.2, 0.25) is 0 Å². The molecule has 0 amide bonds. The fourth-order valence-corrected chi connectivity index (χ4v) is 2.16. The summed E-state index contributed by atoms with van der Waals surface area (Å²) in [7, 11) is 0. The summed E-state index contributed by atoms with van der Waals surface area (Å²) in [5.74, 6) is -4.50. The van der Waals surface area contributed by atoms with E-state index in [9.17, 15) is 22.8 Å². The van der Waals surface area contributed by atoms with Crippen molar-refractivity contribution in [2.24, 2.45) is 5.92 Å². The number of carbonyl (C=O) groups excluding carboxylic acids is 2. The topological polar surface area (TPSA) is 52.6 Å². The third kappa shape index (κ3) is 6.06. The molecule has 24 heavy (non-hydrogen) atoms. The molecule has 0 N–H and O–H groups in total. The van der Waals surface area contributed by atoms with E-state index in [2.05, 4.69) is 0 Å². The highest BCUT2D eigenvalue weighted by molar-refractivity contribution is 5.96. The van der Waals surface area contributed by atoms with Gasteiger partial charge >= 0.3 is 18.1 Å². The number of carbonyl (C=O) groups is 2. The van der Waals surface area contributed by atoms with Gasteiger partial charge in [-0.2, -0.15) is 13.2 Å². The van der Waals surface area contributed by atoms with E-state index in [0.29, 0.717) is 5.56 Å². The van der Waals surface area contributed by atoms with Crippen molar-refractivity contribution in [2.45, 2.75) is 25.9 Å². The molecule has 0 bridgehead atoms. The predicted molar refractivity (Wildman–Crippen MR) is 81.1 cm³/mol. The first-order valence-electron chi connectivity index (χ1n) is 7.44. The van der Waals surface area contributed by atoms with Crippen molar-refractivity contribution in [3.63, 3.8) is 0 Å². The molecule has 4 nitrogen and oxygen atoms in total. The minimum atomic E-state index is -4.57. The summed E-state index contributed by atoms with van der Waals surface area (Å²) in [6, 6.07) is 7.97. The van der Waals surface area contributed by atoms with Gasteiger partial charge in [-0.05, 0) is 19.4 Å². The molecule has 1 rings (SSSR count). The summed E-state index contributed by atoms with van der Waals surface area (Å²) in [5, 5.41) is 0. The van der Waals surface area contributed by atoms with Gasteiger partial charge in [-0.3, -0.25) is 9.59 Å². The van der Waals surface area contributed by atoms with Crippen LogP contribution in [0.1, 0.15) is 25.3 Å². The van der Waals surface area contributed by atoms with Gasteiger partial charge in [0, 0.05) is 12.0 Å². The van der Waals surface area contributed by atoms with Crippen LogP contribution in [0.4, 0.5) is 13.2 Å². The van der Waals surface area contributed by atoms with Gasteiger partial charge in [0.2, 0.25) is 0 Å². The Bertz CT molecular complexity index is 549. The highest BCUT2D eigenvalue weighted by Crippen LogP contribution is 2.30. The molecular weight excluding hydrogens is 325 g/mol. The number of halogens is 3. The highest BCUT2D eigenvalue weighted by Gasteiger charge is 2.38. The maximum atomic E-state index is 12.6. The number of alkyl halides is 3. The Labute approximate surface area is 138 Å². The second kappa shape index (κ2) is 9.10. The number of benzene rings is 1. The molecule has 1 unspecified atom stereocenters. The van der Waals surface area contributed by atoms with Gasteiger partial charge in [-0.15, -0.1) is 0 Å². The van der Waals surface area contributed by atoms with Crippen molar-refractivity contribution in [3.05, 3.63) is 48.0 Å². The molecule has 7 heteroatoms. The average Bonchev–Trinajstić information content (AvgIpc) is 2.51. The Morgan fingerprint density at radius 2 is 1.54 bits per heavy atom. The standard InChI is InChI=1S/C17H19F3O4/c1-3-23-15(21)14(16(22)24-4-2)13(10-11-17(18,19)20)12-8-6-5-7-9-12/h5-11,13-14H,3-4H2,1-2H3/b11-10+. The molecule has 0 spiro atoms. The van der Waals surface area contributed by atoms with Crippen LogP contribution in [0.5, 0.6) is 0 Å². The zero-order valence-corrected chi connectivity index (χ0v) is 13.4. The van der Waals surface area contributed by atoms with Crippen LogP contribution in [0.3, 0.4) is 0 Å². The maximum absolute atomic E-state index is 12.6. The van der Waals surface area contributed by atoms with Crippen LogP contribution in [-0.2, 0) is 19.1 Å². The number of hydrogen-bond acceptors (Lipinski definition) is 4. The van der Waals surface area contributed by atoms with E-state index in [1.54, 1.807) is 32.0 Å². The van der Waals surface area contributed by atoms with E-state index in [1.165, 1.54) is 12.1 Å². The SMILES string of the molecule is CCOC(=O)C(C(=O)OCC)C(/C=C/C(F)(F)F)c1ccccc1. The minimum Gasteiger partial charge on any atom is -0.465 e. The lowest BCUT2D eigenvalue weighted by atomic mass is 9.85. The normalized spacial score (nSPS) is 13.1. The van der Waals surface area contributed by atoms with Crippen molar-refractivity contribution in [1.29, 1.82) is 0 Å². The largest absolute Gasteiger partial charge is 0.465 e. The molecule has 132 valence electrons. The van der Waals surface area contributed by atoms with Crippen molar-refractivity contribution < 1.29 is 32.2 Å². The van der Waals surface area contributed by atoms with Gasteiger partial charge in [0.15, 0.2) is 5.92 Å². The molecule has 1 atom stereocenters. The molecule has 0 radical (unpaired) electrons. The van der Waals surface area contributed by atoms with E-state index in [4.69, 9.17) is 9.47 Å². The Morgan fingerprint density at radius 1 is 1.04 bits per heavy atom. The van der Waals surface area contributed by atoms with Crippen LogP contribution < -0.4 is 0 Å². The summed E-state index contributed by atoms with van der Waals surface area (Å²) < 4.78 is 47.4. The lowest BCUT2D eigenvalue weighted by Crippen LogP contribution is -2.33. The van der Waals surface area contributed by atoms with Crippen LogP contribution >= 0.6 is 0 Å². The lowest BCUT2D eigenvalue weighted by Gasteiger charge is -2.22. The van der Waals surface area contributed by atoms with Crippen LogP contribution in [0.25, 0.3) is 0 Å². The van der Waals surface area contributed by atoms with Gasteiger partial charge < -0.3 is 9.47 Å². The Morgan fingerprint density at radius 3 is 1.96 bits per heavy atom. The number of esters is 2. The van der Waals surface area contributed by atoms with E-state index < -0.39 is 30.0 Å². The molecule has 1 aromatic rings.